The number of benzene rings is 2. The summed E-state index contributed by atoms with van der Waals surface area (Å²) in [5.74, 6) is -0.314. The molecule has 5 heteroatoms. The molecule has 0 spiro atoms. The van der Waals surface area contributed by atoms with Crippen molar-refractivity contribution in [1.82, 2.24) is 0 Å². The van der Waals surface area contributed by atoms with E-state index in [4.69, 9.17) is 33.0 Å². The van der Waals surface area contributed by atoms with Crippen molar-refractivity contribution in [3.8, 4) is 11.1 Å². The minimum Gasteiger partial charge on any atom is -0.466 e. The summed E-state index contributed by atoms with van der Waals surface area (Å²) in [5, 5.41) is 10.3. The van der Waals surface area contributed by atoms with Crippen molar-refractivity contribution < 1.29 is 14.6 Å². The highest BCUT2D eigenvalue weighted by Gasteiger charge is 2.12. The molecule has 0 saturated carbocycles. The molecule has 0 heterocycles. The van der Waals surface area contributed by atoms with Gasteiger partial charge in [-0.3, -0.25) is 4.79 Å². The van der Waals surface area contributed by atoms with E-state index in [-0.39, 0.29) is 19.2 Å². The lowest BCUT2D eigenvalue weighted by Gasteiger charge is -2.13. The number of halogens is 2. The maximum atomic E-state index is 10.9. The average molecular weight is 352 g/mol. The van der Waals surface area contributed by atoms with Crippen molar-refractivity contribution in [3.05, 3.63) is 57.6 Å². The van der Waals surface area contributed by atoms with Gasteiger partial charge in [-0.1, -0.05) is 35.3 Å². The molecule has 0 atom stereocenters. The number of hydrogen-bond donors (Lipinski definition) is 1. The molecule has 0 bridgehead atoms. The maximum absolute atomic E-state index is 10.9. The van der Waals surface area contributed by atoms with Crippen molar-refractivity contribution in [2.75, 3.05) is 13.2 Å². The first-order chi connectivity index (χ1) is 11.0. The van der Waals surface area contributed by atoms with Crippen molar-refractivity contribution in [3.63, 3.8) is 0 Å². The molecule has 1 radical (unpaired) electrons. The molecule has 0 amide bonds. The van der Waals surface area contributed by atoms with Gasteiger partial charge in [0, 0.05) is 35.6 Å². The maximum Gasteiger partial charge on any atom is 0.302 e. The van der Waals surface area contributed by atoms with Gasteiger partial charge in [0.15, 0.2) is 0 Å². The number of ether oxygens (including phenoxy) is 1. The highest BCUT2D eigenvalue weighted by molar-refractivity contribution is 6.34. The van der Waals surface area contributed by atoms with Crippen molar-refractivity contribution in [2.24, 2.45) is 0 Å². The zero-order chi connectivity index (χ0) is 16.8. The van der Waals surface area contributed by atoms with E-state index in [9.17, 15) is 4.79 Å². The molecular formula is C18H17Cl2O3. The number of hydrogen-bond acceptors (Lipinski definition) is 3. The molecule has 1 N–H and O–H groups in total. The molecule has 23 heavy (non-hydrogen) atoms. The molecule has 0 fully saturated rings. The summed E-state index contributed by atoms with van der Waals surface area (Å²) < 4.78 is 5.01. The first kappa shape index (κ1) is 17.8. The van der Waals surface area contributed by atoms with E-state index >= 15 is 0 Å². The second-order valence-electron chi connectivity index (χ2n) is 5.12. The highest BCUT2D eigenvalue weighted by atomic mass is 35.5. The second-order valence-corrected chi connectivity index (χ2v) is 5.96. The second kappa shape index (κ2) is 8.34. The third-order valence-corrected chi connectivity index (χ3v) is 3.87. The number of aliphatic hydroxyl groups is 1. The number of esters is 1. The molecule has 0 unspecified atom stereocenters. The van der Waals surface area contributed by atoms with Gasteiger partial charge in [-0.2, -0.15) is 0 Å². The molecular weight excluding hydrogens is 335 g/mol. The first-order valence-electron chi connectivity index (χ1n) is 7.23. The number of aliphatic hydroxyl groups excluding tert-OH is 1. The summed E-state index contributed by atoms with van der Waals surface area (Å²) >= 11 is 12.5. The van der Waals surface area contributed by atoms with Gasteiger partial charge in [0.1, 0.15) is 0 Å². The summed E-state index contributed by atoms with van der Waals surface area (Å²) in [4.78, 5) is 10.9. The Morgan fingerprint density at radius 3 is 2.70 bits per heavy atom. The lowest BCUT2D eigenvalue weighted by Crippen LogP contribution is -2.04. The fraction of sp³-hybridized carbons (Fsp3) is 0.278. The molecule has 0 saturated heterocycles. The predicted octanol–water partition coefficient (Wildman–Crippen LogP) is 4.10. The quantitative estimate of drug-likeness (QED) is 0.797. The first-order valence-corrected chi connectivity index (χ1v) is 7.99. The van der Waals surface area contributed by atoms with Crippen LogP contribution in [-0.4, -0.2) is 24.3 Å². The Morgan fingerprint density at radius 2 is 2.00 bits per heavy atom. The van der Waals surface area contributed by atoms with Crippen LogP contribution in [0.25, 0.3) is 11.1 Å². The molecule has 121 valence electrons. The van der Waals surface area contributed by atoms with Crippen LogP contribution in [0.15, 0.2) is 30.3 Å². The molecule has 0 aromatic heterocycles. The third kappa shape index (κ3) is 4.96. The van der Waals surface area contributed by atoms with Gasteiger partial charge < -0.3 is 9.84 Å². The van der Waals surface area contributed by atoms with Crippen molar-refractivity contribution >= 4 is 29.2 Å². The fourth-order valence-corrected chi connectivity index (χ4v) is 2.96. The number of carbonyl (C=O) groups is 1. The Balaban J connectivity index is 2.39. The summed E-state index contributed by atoms with van der Waals surface area (Å²) in [7, 11) is 0. The van der Waals surface area contributed by atoms with E-state index in [1.165, 1.54) is 6.92 Å². The summed E-state index contributed by atoms with van der Waals surface area (Å²) in [6, 6.07) is 12.1. The van der Waals surface area contributed by atoms with E-state index in [2.05, 4.69) is 6.07 Å². The topological polar surface area (TPSA) is 46.5 Å². The van der Waals surface area contributed by atoms with Crippen LogP contribution in [0.2, 0.25) is 10.0 Å². The van der Waals surface area contributed by atoms with E-state index in [0.717, 1.165) is 22.3 Å². The number of rotatable bonds is 6. The van der Waals surface area contributed by atoms with Crippen LogP contribution in [0.1, 0.15) is 18.1 Å². The summed E-state index contributed by atoms with van der Waals surface area (Å²) in [6.07, 6.45) is 1.06. The normalized spacial score (nSPS) is 10.6. The van der Waals surface area contributed by atoms with Gasteiger partial charge in [-0.05, 0) is 47.4 Å². The largest absolute Gasteiger partial charge is 0.466 e. The Kier molecular flexibility index (Phi) is 6.46. The minimum absolute atomic E-state index is 0.0510. The van der Waals surface area contributed by atoms with E-state index < -0.39 is 0 Å². The van der Waals surface area contributed by atoms with E-state index in [1.54, 1.807) is 6.07 Å². The molecule has 2 aromatic carbocycles. The molecule has 0 aliphatic heterocycles. The lowest BCUT2D eigenvalue weighted by molar-refractivity contribution is -0.140. The highest BCUT2D eigenvalue weighted by Crippen LogP contribution is 2.34. The van der Waals surface area contributed by atoms with E-state index in [1.807, 2.05) is 24.3 Å². The zero-order valence-electron chi connectivity index (χ0n) is 12.7. The van der Waals surface area contributed by atoms with Gasteiger partial charge in [-0.25, -0.2) is 0 Å². The average Bonchev–Trinajstić information content (AvgIpc) is 2.46. The van der Waals surface area contributed by atoms with Crippen LogP contribution in [0.3, 0.4) is 0 Å². The monoisotopic (exact) mass is 351 g/mol. The van der Waals surface area contributed by atoms with E-state index in [0.29, 0.717) is 22.9 Å². The SMILES string of the molecule is CC(=O)OCCc1c[c]cc(Cl)c1-c1cc(Cl)cc(CCO)c1. The zero-order valence-corrected chi connectivity index (χ0v) is 14.2. The standard InChI is InChI=1S/C18H17Cl2O3/c1-12(22)23-8-6-14-3-2-4-17(20)18(14)15-9-13(5-7-21)10-16(19)11-15/h3-4,9-11,21H,5-8H2,1H3. The summed E-state index contributed by atoms with van der Waals surface area (Å²) in [6.45, 7) is 1.71. The van der Waals surface area contributed by atoms with Crippen LogP contribution in [0.5, 0.6) is 0 Å². The van der Waals surface area contributed by atoms with Crippen LogP contribution in [-0.2, 0) is 22.4 Å². The van der Waals surface area contributed by atoms with Crippen LogP contribution < -0.4 is 0 Å². The van der Waals surface area contributed by atoms with Crippen molar-refractivity contribution in [2.45, 2.75) is 19.8 Å². The molecule has 2 aromatic rings. The van der Waals surface area contributed by atoms with Crippen molar-refractivity contribution in [1.29, 1.82) is 0 Å². The van der Waals surface area contributed by atoms with Crippen LogP contribution in [0.4, 0.5) is 0 Å². The Hall–Kier alpha value is -1.55. The smallest absolute Gasteiger partial charge is 0.302 e. The van der Waals surface area contributed by atoms with Gasteiger partial charge >= 0.3 is 5.97 Å². The molecule has 2 rings (SSSR count). The third-order valence-electron chi connectivity index (χ3n) is 3.35. The van der Waals surface area contributed by atoms with Gasteiger partial charge in [0.05, 0.1) is 6.61 Å². The van der Waals surface area contributed by atoms with Gasteiger partial charge in [0.2, 0.25) is 0 Å². The van der Waals surface area contributed by atoms with Gasteiger partial charge in [0.25, 0.3) is 0 Å². The Labute approximate surface area is 145 Å². The van der Waals surface area contributed by atoms with Crippen LogP contribution in [0, 0.1) is 6.07 Å². The molecule has 0 aliphatic carbocycles. The van der Waals surface area contributed by atoms with Gasteiger partial charge in [-0.15, -0.1) is 0 Å². The summed E-state index contributed by atoms with van der Waals surface area (Å²) in [5.41, 5.74) is 3.58. The fourth-order valence-electron chi connectivity index (χ4n) is 2.41. The Morgan fingerprint density at radius 1 is 1.22 bits per heavy atom. The number of carbonyl (C=O) groups excluding carboxylic acids is 1. The van der Waals surface area contributed by atoms with Crippen LogP contribution >= 0.6 is 23.2 Å². The predicted molar refractivity (Wildman–Crippen MR) is 91.9 cm³/mol. The molecule has 3 nitrogen and oxygen atoms in total. The minimum atomic E-state index is -0.314. The molecule has 0 aliphatic rings. The lowest BCUT2D eigenvalue weighted by atomic mass is 9.96. The Bertz CT molecular complexity index is 699.